The molecule has 13 heteroatoms. The summed E-state index contributed by atoms with van der Waals surface area (Å²) in [6.45, 7) is 6.93. The normalized spacial score (nSPS) is 12.2. The molecule has 0 spiro atoms. The summed E-state index contributed by atoms with van der Waals surface area (Å²) in [6.07, 6.45) is 3.32. The molecule has 0 bridgehead atoms. The second-order valence-electron chi connectivity index (χ2n) is 7.82. The SMILES string of the molecule is C=N/C(=C\C(Nc1cccc(-c2ncn(C)n2)c1OC)=C(/C)c1nnc(CO)o1)Nc1ccc(C)nn1. The van der Waals surface area contributed by atoms with Crippen LogP contribution in [0.4, 0.5) is 11.5 Å². The number of allylic oxidation sites excluding steroid dienone is 2. The summed E-state index contributed by atoms with van der Waals surface area (Å²) in [5.74, 6) is 2.21. The van der Waals surface area contributed by atoms with Gasteiger partial charge in [-0.25, -0.2) is 9.98 Å². The van der Waals surface area contributed by atoms with Crippen LogP contribution in [0, 0.1) is 6.92 Å². The van der Waals surface area contributed by atoms with Gasteiger partial charge in [0.25, 0.3) is 0 Å². The third-order valence-corrected chi connectivity index (χ3v) is 5.16. The van der Waals surface area contributed by atoms with Gasteiger partial charge in [-0.05, 0) is 44.8 Å². The van der Waals surface area contributed by atoms with Crippen molar-refractivity contribution >= 4 is 23.8 Å². The molecular weight excluding hydrogens is 476 g/mol. The zero-order valence-electron chi connectivity index (χ0n) is 20.8. The van der Waals surface area contributed by atoms with Gasteiger partial charge in [-0.15, -0.1) is 15.3 Å². The Labute approximate surface area is 212 Å². The van der Waals surface area contributed by atoms with E-state index < -0.39 is 0 Å². The fourth-order valence-corrected chi connectivity index (χ4v) is 3.32. The molecule has 37 heavy (non-hydrogen) atoms. The van der Waals surface area contributed by atoms with Gasteiger partial charge in [-0.2, -0.15) is 10.2 Å². The third-order valence-electron chi connectivity index (χ3n) is 5.16. The number of aliphatic hydroxyl groups excluding tert-OH is 1. The van der Waals surface area contributed by atoms with E-state index in [9.17, 15) is 5.11 Å². The summed E-state index contributed by atoms with van der Waals surface area (Å²) in [5.41, 5.74) is 3.22. The first-order valence-electron chi connectivity index (χ1n) is 11.1. The van der Waals surface area contributed by atoms with Gasteiger partial charge in [-0.3, -0.25) is 4.68 Å². The van der Waals surface area contributed by atoms with Crippen LogP contribution in [-0.4, -0.2) is 54.1 Å². The lowest BCUT2D eigenvalue weighted by Crippen LogP contribution is -2.07. The fourth-order valence-electron chi connectivity index (χ4n) is 3.32. The van der Waals surface area contributed by atoms with Crippen LogP contribution in [-0.2, 0) is 13.7 Å². The number of benzene rings is 1. The number of aryl methyl sites for hydroxylation is 2. The number of anilines is 2. The molecule has 4 rings (SSSR count). The molecule has 0 aliphatic heterocycles. The smallest absolute Gasteiger partial charge is 0.245 e. The molecule has 0 amide bonds. The molecule has 0 saturated heterocycles. The number of aromatic nitrogens is 7. The molecule has 3 N–H and O–H groups in total. The van der Waals surface area contributed by atoms with E-state index in [4.69, 9.17) is 9.15 Å². The third kappa shape index (κ3) is 5.85. The highest BCUT2D eigenvalue weighted by atomic mass is 16.5. The van der Waals surface area contributed by atoms with Crippen molar-refractivity contribution in [1.29, 1.82) is 0 Å². The van der Waals surface area contributed by atoms with E-state index in [1.807, 2.05) is 31.2 Å². The molecule has 0 aliphatic carbocycles. The number of hydrogen-bond acceptors (Lipinski definition) is 12. The first-order chi connectivity index (χ1) is 17.9. The Balaban J connectivity index is 1.78. The Bertz CT molecular complexity index is 1450. The van der Waals surface area contributed by atoms with Crippen molar-refractivity contribution < 1.29 is 14.3 Å². The van der Waals surface area contributed by atoms with Crippen molar-refractivity contribution in [2.75, 3.05) is 17.7 Å². The van der Waals surface area contributed by atoms with E-state index in [0.29, 0.717) is 45.7 Å². The molecule has 3 heterocycles. The number of methoxy groups -OCH3 is 1. The summed E-state index contributed by atoms with van der Waals surface area (Å²) in [4.78, 5) is 8.43. The van der Waals surface area contributed by atoms with Crippen molar-refractivity contribution in [2.45, 2.75) is 20.5 Å². The van der Waals surface area contributed by atoms with Gasteiger partial charge in [0, 0.05) is 18.7 Å². The van der Waals surface area contributed by atoms with Gasteiger partial charge < -0.3 is 24.9 Å². The van der Waals surface area contributed by atoms with Crippen LogP contribution in [0.15, 0.2) is 63.7 Å². The minimum Gasteiger partial charge on any atom is -0.494 e. The molecule has 0 radical (unpaired) electrons. The van der Waals surface area contributed by atoms with Gasteiger partial charge in [0.05, 0.1) is 29.8 Å². The Hall–Kier alpha value is -4.91. The molecule has 190 valence electrons. The highest BCUT2D eigenvalue weighted by molar-refractivity contribution is 5.78. The van der Waals surface area contributed by atoms with Crippen LogP contribution in [0.2, 0.25) is 0 Å². The Kier molecular flexibility index (Phi) is 7.64. The lowest BCUT2D eigenvalue weighted by molar-refractivity contribution is 0.239. The number of hydrogen-bond donors (Lipinski definition) is 3. The maximum Gasteiger partial charge on any atom is 0.245 e. The van der Waals surface area contributed by atoms with Crippen molar-refractivity contribution in [2.24, 2.45) is 12.0 Å². The topological polar surface area (TPSA) is 161 Å². The molecular formula is C24H26N10O3. The fraction of sp³-hybridized carbons (Fsp3) is 0.208. The monoisotopic (exact) mass is 502 g/mol. The molecule has 4 aromatic rings. The number of aliphatic hydroxyl groups is 1. The van der Waals surface area contributed by atoms with Crippen molar-refractivity contribution in [1.82, 2.24) is 35.2 Å². The van der Waals surface area contributed by atoms with Gasteiger partial charge >= 0.3 is 0 Å². The average molecular weight is 503 g/mol. The number of aliphatic imine (C=N–C) groups is 1. The molecule has 0 fully saturated rings. The second-order valence-corrected chi connectivity index (χ2v) is 7.82. The van der Waals surface area contributed by atoms with Crippen LogP contribution in [0.5, 0.6) is 5.75 Å². The maximum atomic E-state index is 9.37. The van der Waals surface area contributed by atoms with Crippen LogP contribution >= 0.6 is 0 Å². The van der Waals surface area contributed by atoms with Crippen LogP contribution in [0.25, 0.3) is 17.0 Å². The van der Waals surface area contributed by atoms with E-state index in [0.717, 1.165) is 5.69 Å². The predicted octanol–water partition coefficient (Wildman–Crippen LogP) is 2.96. The van der Waals surface area contributed by atoms with Crippen molar-refractivity contribution in [3.8, 4) is 17.1 Å². The zero-order valence-corrected chi connectivity index (χ0v) is 20.8. The minimum absolute atomic E-state index is 0.0913. The van der Waals surface area contributed by atoms with Crippen molar-refractivity contribution in [3.05, 3.63) is 71.7 Å². The molecule has 0 aliphatic rings. The molecule has 0 atom stereocenters. The van der Waals surface area contributed by atoms with Crippen LogP contribution in [0.3, 0.4) is 0 Å². The second kappa shape index (κ2) is 11.2. The average Bonchev–Trinajstić information content (AvgIpc) is 3.57. The summed E-state index contributed by atoms with van der Waals surface area (Å²) < 4.78 is 12.9. The Morgan fingerprint density at radius 1 is 1.19 bits per heavy atom. The van der Waals surface area contributed by atoms with Crippen LogP contribution < -0.4 is 15.4 Å². The summed E-state index contributed by atoms with van der Waals surface area (Å²) in [5, 5.41) is 36.3. The minimum atomic E-state index is -0.376. The number of ether oxygens (including phenoxy) is 1. The quantitative estimate of drug-likeness (QED) is 0.216. The summed E-state index contributed by atoms with van der Waals surface area (Å²) in [6, 6.07) is 9.18. The highest BCUT2D eigenvalue weighted by Crippen LogP contribution is 2.36. The summed E-state index contributed by atoms with van der Waals surface area (Å²) >= 11 is 0. The molecule has 13 nitrogen and oxygen atoms in total. The highest BCUT2D eigenvalue weighted by Gasteiger charge is 2.18. The lowest BCUT2D eigenvalue weighted by Gasteiger charge is -2.16. The van der Waals surface area contributed by atoms with Gasteiger partial charge in [0.2, 0.25) is 11.8 Å². The molecule has 0 unspecified atom stereocenters. The van der Waals surface area contributed by atoms with Gasteiger partial charge in [-0.1, -0.05) is 6.07 Å². The molecule has 3 aromatic heterocycles. The number of para-hydroxylation sites is 1. The van der Waals surface area contributed by atoms with Crippen molar-refractivity contribution in [3.63, 3.8) is 0 Å². The summed E-state index contributed by atoms with van der Waals surface area (Å²) in [7, 11) is 3.36. The number of nitrogens with zero attached hydrogens (tertiary/aromatic N) is 8. The standard InChI is InChI=1S/C24H26N10O3/c1-14-9-10-19(30-29-14)28-20(25-3)11-18(15(2)24-32-31-21(12-35)37-24)27-17-8-6-7-16(22(17)36-5)23-26-13-34(4)33-23/h6-11,13,27,35H,3,12H2,1-2,4-5H3,(H,28,30)/b18-15-,20-11+. The molecule has 1 aromatic carbocycles. The first-order valence-corrected chi connectivity index (χ1v) is 11.1. The van der Waals surface area contributed by atoms with E-state index in [-0.39, 0.29) is 18.4 Å². The predicted molar refractivity (Wildman–Crippen MR) is 137 cm³/mol. The van der Waals surface area contributed by atoms with E-state index in [2.05, 4.69) is 52.8 Å². The zero-order chi connectivity index (χ0) is 26.4. The van der Waals surface area contributed by atoms with E-state index in [1.165, 1.54) is 0 Å². The van der Waals surface area contributed by atoms with Gasteiger partial charge in [0.15, 0.2) is 17.4 Å². The van der Waals surface area contributed by atoms with Gasteiger partial charge in [0.1, 0.15) is 18.8 Å². The maximum absolute atomic E-state index is 9.37. The number of rotatable bonds is 10. The number of nitrogens with one attached hydrogen (secondary N) is 2. The largest absolute Gasteiger partial charge is 0.494 e. The first kappa shape index (κ1) is 25.2. The van der Waals surface area contributed by atoms with E-state index >= 15 is 0 Å². The molecule has 0 saturated carbocycles. The lowest BCUT2D eigenvalue weighted by atomic mass is 10.1. The Morgan fingerprint density at radius 2 is 2.03 bits per heavy atom. The van der Waals surface area contributed by atoms with Crippen LogP contribution in [0.1, 0.15) is 24.4 Å². The van der Waals surface area contributed by atoms with E-state index in [1.54, 1.807) is 44.2 Å². The Morgan fingerprint density at radius 3 is 2.65 bits per heavy atom.